The molecule has 0 unspecified atom stereocenters. The number of carbonyl (C=O) groups excluding carboxylic acids is 2. The molecule has 0 aliphatic rings. The lowest BCUT2D eigenvalue weighted by Gasteiger charge is -2.10. The number of primary amides is 1. The van der Waals surface area contributed by atoms with Gasteiger partial charge in [-0.15, -0.1) is 0 Å². The molecule has 0 aromatic heterocycles. The molecule has 3 aromatic rings. The van der Waals surface area contributed by atoms with Crippen molar-refractivity contribution >= 4 is 11.7 Å². The lowest BCUT2D eigenvalue weighted by atomic mass is 10.00. The lowest BCUT2D eigenvalue weighted by Crippen LogP contribution is -2.13. The number of ketones is 1. The Hall–Kier alpha value is -3.60. The summed E-state index contributed by atoms with van der Waals surface area (Å²) in [5.74, 6) is 1.09. The maximum Gasteiger partial charge on any atom is 0.248 e. The predicted octanol–water partition coefficient (Wildman–Crippen LogP) is 4.01. The first-order valence-electron chi connectivity index (χ1n) is 8.39. The smallest absolute Gasteiger partial charge is 0.248 e. The van der Waals surface area contributed by atoms with Crippen LogP contribution in [0.4, 0.5) is 0 Å². The van der Waals surface area contributed by atoms with Gasteiger partial charge in [0, 0.05) is 12.0 Å². The number of amides is 1. The van der Waals surface area contributed by atoms with E-state index >= 15 is 0 Å². The van der Waals surface area contributed by atoms with Crippen LogP contribution in [0.2, 0.25) is 0 Å². The summed E-state index contributed by atoms with van der Waals surface area (Å²) in [5, 5.41) is 0. The summed E-state index contributed by atoms with van der Waals surface area (Å²) in [6.45, 7) is 0. The van der Waals surface area contributed by atoms with Crippen LogP contribution >= 0.6 is 0 Å². The molecule has 0 heterocycles. The second-order valence-corrected chi connectivity index (χ2v) is 5.94. The van der Waals surface area contributed by atoms with Gasteiger partial charge in [0.15, 0.2) is 5.78 Å². The van der Waals surface area contributed by atoms with E-state index < -0.39 is 5.91 Å². The van der Waals surface area contributed by atoms with E-state index in [1.54, 1.807) is 6.07 Å². The monoisotopic (exact) mass is 361 g/mol. The van der Waals surface area contributed by atoms with E-state index in [1.165, 1.54) is 19.2 Å². The second-order valence-electron chi connectivity index (χ2n) is 5.94. The molecular formula is C22H19NO4. The number of nitrogens with two attached hydrogens (primary N) is 1. The van der Waals surface area contributed by atoms with Crippen molar-refractivity contribution in [2.24, 2.45) is 5.73 Å². The fourth-order valence-corrected chi connectivity index (χ4v) is 2.66. The van der Waals surface area contributed by atoms with E-state index in [2.05, 4.69) is 0 Å². The van der Waals surface area contributed by atoms with Crippen molar-refractivity contribution in [3.63, 3.8) is 0 Å². The molecule has 0 spiro atoms. The molecule has 2 N–H and O–H groups in total. The van der Waals surface area contributed by atoms with E-state index in [9.17, 15) is 9.59 Å². The Morgan fingerprint density at radius 1 is 0.889 bits per heavy atom. The van der Waals surface area contributed by atoms with Crippen LogP contribution in [0.15, 0.2) is 72.8 Å². The first-order chi connectivity index (χ1) is 13.1. The zero-order valence-corrected chi connectivity index (χ0v) is 14.8. The van der Waals surface area contributed by atoms with Crippen LogP contribution in [-0.4, -0.2) is 18.8 Å². The Balaban J connectivity index is 1.74. The number of hydrogen-bond donors (Lipinski definition) is 1. The molecule has 0 aliphatic heterocycles. The van der Waals surface area contributed by atoms with Crippen molar-refractivity contribution in [3.05, 3.63) is 89.5 Å². The molecular weight excluding hydrogens is 342 g/mol. The second kappa shape index (κ2) is 8.19. The zero-order chi connectivity index (χ0) is 19.2. The van der Waals surface area contributed by atoms with Crippen LogP contribution in [0.1, 0.15) is 26.3 Å². The highest BCUT2D eigenvalue weighted by molar-refractivity contribution is 6.03. The Labute approximate surface area is 157 Å². The van der Waals surface area contributed by atoms with Crippen LogP contribution in [0.3, 0.4) is 0 Å². The average Bonchev–Trinajstić information content (AvgIpc) is 2.69. The molecule has 0 bridgehead atoms. The molecule has 3 rings (SSSR count). The third-order valence-corrected chi connectivity index (χ3v) is 4.05. The van der Waals surface area contributed by atoms with Crippen LogP contribution in [0.25, 0.3) is 0 Å². The Bertz CT molecular complexity index is 950. The summed E-state index contributed by atoms with van der Waals surface area (Å²) in [4.78, 5) is 24.1. The summed E-state index contributed by atoms with van der Waals surface area (Å²) in [6.07, 6.45) is 0.171. The van der Waals surface area contributed by atoms with Crippen LogP contribution in [0.5, 0.6) is 17.2 Å². The quantitative estimate of drug-likeness (QED) is 0.645. The summed E-state index contributed by atoms with van der Waals surface area (Å²) in [5.41, 5.74) is 6.73. The van der Waals surface area contributed by atoms with Gasteiger partial charge in [0.2, 0.25) is 5.91 Å². The molecule has 0 radical (unpaired) electrons. The average molecular weight is 361 g/mol. The van der Waals surface area contributed by atoms with Crippen molar-refractivity contribution in [2.45, 2.75) is 6.42 Å². The van der Waals surface area contributed by atoms with E-state index in [4.69, 9.17) is 15.2 Å². The first kappa shape index (κ1) is 18.2. The van der Waals surface area contributed by atoms with E-state index in [1.807, 2.05) is 54.6 Å². The molecule has 1 amide bonds. The van der Waals surface area contributed by atoms with Gasteiger partial charge in [0.1, 0.15) is 17.2 Å². The van der Waals surface area contributed by atoms with Gasteiger partial charge >= 0.3 is 0 Å². The molecule has 0 saturated carbocycles. The third kappa shape index (κ3) is 4.52. The molecule has 3 aromatic carbocycles. The number of carbonyl (C=O) groups is 2. The molecule has 0 atom stereocenters. The van der Waals surface area contributed by atoms with Crippen LogP contribution in [-0.2, 0) is 6.42 Å². The van der Waals surface area contributed by atoms with Gasteiger partial charge in [-0.3, -0.25) is 9.59 Å². The minimum absolute atomic E-state index is 0.160. The fourth-order valence-electron chi connectivity index (χ4n) is 2.66. The topological polar surface area (TPSA) is 78.6 Å². The molecule has 0 aliphatic carbocycles. The number of methoxy groups -OCH3 is 1. The maximum absolute atomic E-state index is 12.7. The molecule has 136 valence electrons. The normalized spacial score (nSPS) is 10.3. The van der Waals surface area contributed by atoms with Gasteiger partial charge in [0.05, 0.1) is 12.7 Å². The van der Waals surface area contributed by atoms with Gasteiger partial charge in [0.25, 0.3) is 0 Å². The Morgan fingerprint density at radius 3 is 2.19 bits per heavy atom. The van der Waals surface area contributed by atoms with Gasteiger partial charge in [-0.25, -0.2) is 0 Å². The highest BCUT2D eigenvalue weighted by Gasteiger charge is 2.15. The van der Waals surface area contributed by atoms with Gasteiger partial charge in [-0.05, 0) is 48.0 Å². The predicted molar refractivity (Wildman–Crippen MR) is 103 cm³/mol. The summed E-state index contributed by atoms with van der Waals surface area (Å²) in [7, 11) is 1.48. The third-order valence-electron chi connectivity index (χ3n) is 4.05. The Kier molecular flexibility index (Phi) is 5.52. The highest BCUT2D eigenvalue weighted by Crippen LogP contribution is 2.24. The number of rotatable bonds is 7. The van der Waals surface area contributed by atoms with Crippen molar-refractivity contribution in [1.82, 2.24) is 0 Å². The van der Waals surface area contributed by atoms with Crippen LogP contribution < -0.4 is 15.2 Å². The van der Waals surface area contributed by atoms with E-state index in [-0.39, 0.29) is 17.8 Å². The lowest BCUT2D eigenvalue weighted by molar-refractivity contribution is 0.0990. The van der Waals surface area contributed by atoms with Gasteiger partial charge in [-0.1, -0.05) is 30.3 Å². The molecule has 0 saturated heterocycles. The maximum atomic E-state index is 12.7. The molecule has 5 heteroatoms. The summed E-state index contributed by atoms with van der Waals surface area (Å²) in [6, 6.07) is 21.3. The first-order valence-corrected chi connectivity index (χ1v) is 8.39. The standard InChI is InChI=1S/C22H19NO4/c1-26-21-12-9-16(22(23)25)14-19(21)20(24)13-15-7-10-18(11-8-15)27-17-5-3-2-4-6-17/h2-12,14H,13H2,1H3,(H2,23,25). The number of benzene rings is 3. The minimum atomic E-state index is -0.589. The van der Waals surface area contributed by atoms with Gasteiger partial charge in [-0.2, -0.15) is 0 Å². The molecule has 27 heavy (non-hydrogen) atoms. The molecule has 0 fully saturated rings. The van der Waals surface area contributed by atoms with E-state index in [0.717, 1.165) is 11.3 Å². The number of hydrogen-bond acceptors (Lipinski definition) is 4. The van der Waals surface area contributed by atoms with Crippen LogP contribution in [0, 0.1) is 0 Å². The van der Waals surface area contributed by atoms with Crippen molar-refractivity contribution in [2.75, 3.05) is 7.11 Å². The summed E-state index contributed by atoms with van der Waals surface area (Å²) < 4.78 is 11.0. The van der Waals surface area contributed by atoms with Crippen molar-refractivity contribution in [1.29, 1.82) is 0 Å². The summed E-state index contributed by atoms with van der Waals surface area (Å²) >= 11 is 0. The van der Waals surface area contributed by atoms with Gasteiger partial charge < -0.3 is 15.2 Å². The fraction of sp³-hybridized carbons (Fsp3) is 0.0909. The minimum Gasteiger partial charge on any atom is -0.496 e. The molecule has 5 nitrogen and oxygen atoms in total. The zero-order valence-electron chi connectivity index (χ0n) is 14.8. The van der Waals surface area contributed by atoms with Crippen molar-refractivity contribution < 1.29 is 19.1 Å². The number of para-hydroxylation sites is 1. The van der Waals surface area contributed by atoms with E-state index in [0.29, 0.717) is 17.1 Å². The Morgan fingerprint density at radius 2 is 1.56 bits per heavy atom. The SMILES string of the molecule is COc1ccc(C(N)=O)cc1C(=O)Cc1ccc(Oc2ccccc2)cc1. The van der Waals surface area contributed by atoms with Crippen molar-refractivity contribution in [3.8, 4) is 17.2 Å². The number of ether oxygens (including phenoxy) is 2. The largest absolute Gasteiger partial charge is 0.496 e. The highest BCUT2D eigenvalue weighted by atomic mass is 16.5. The number of Topliss-reactive ketones (excluding diaryl/α,β-unsaturated/α-hetero) is 1.